The third-order valence-corrected chi connectivity index (χ3v) is 6.31. The highest BCUT2D eigenvalue weighted by atomic mass is 16.1. The van der Waals surface area contributed by atoms with Crippen LogP contribution < -0.4 is 0 Å². The van der Waals surface area contributed by atoms with Crippen molar-refractivity contribution in [2.75, 3.05) is 0 Å². The van der Waals surface area contributed by atoms with Crippen LogP contribution in [0.5, 0.6) is 0 Å². The number of nitrogens with one attached hydrogen (secondary N) is 1. The number of imidazole rings is 1. The Kier molecular flexibility index (Phi) is 5.49. The van der Waals surface area contributed by atoms with Gasteiger partial charge in [0, 0.05) is 29.7 Å². The van der Waals surface area contributed by atoms with Gasteiger partial charge in [0.25, 0.3) is 0 Å². The molecule has 2 heterocycles. The molecule has 0 bridgehead atoms. The van der Waals surface area contributed by atoms with Gasteiger partial charge in [-0.15, -0.1) is 10.2 Å². The van der Waals surface area contributed by atoms with Gasteiger partial charge in [0.2, 0.25) is 17.4 Å². The number of aryl methyl sites for hydroxylation is 1. The number of carbonyl (C=O) groups is 2. The molecular formula is C26H24N6O2. The molecule has 2 aromatic heterocycles. The third kappa shape index (κ3) is 3.57. The number of ketones is 2. The van der Waals surface area contributed by atoms with Gasteiger partial charge in [-0.1, -0.05) is 55.5 Å². The monoisotopic (exact) mass is 452 g/mol. The fourth-order valence-electron chi connectivity index (χ4n) is 4.35. The summed E-state index contributed by atoms with van der Waals surface area (Å²) >= 11 is 0. The van der Waals surface area contributed by atoms with E-state index in [9.17, 15) is 9.59 Å². The van der Waals surface area contributed by atoms with E-state index in [1.165, 1.54) is 0 Å². The highest BCUT2D eigenvalue weighted by molar-refractivity contribution is 6.25. The summed E-state index contributed by atoms with van der Waals surface area (Å²) in [5, 5.41) is 14.4. The maximum Gasteiger partial charge on any atom is 0.209 e. The van der Waals surface area contributed by atoms with Gasteiger partial charge in [0.15, 0.2) is 0 Å². The van der Waals surface area contributed by atoms with E-state index < -0.39 is 0 Å². The van der Waals surface area contributed by atoms with E-state index in [4.69, 9.17) is 0 Å². The Morgan fingerprint density at radius 3 is 2.29 bits per heavy atom. The topological polar surface area (TPSA) is 106 Å². The first kappa shape index (κ1) is 21.6. The number of fused-ring (bicyclic) bond motifs is 1. The largest absolute Gasteiger partial charge is 0.320 e. The lowest BCUT2D eigenvalue weighted by molar-refractivity contribution is 0.0967. The van der Waals surface area contributed by atoms with Crippen molar-refractivity contribution in [3.05, 3.63) is 82.5 Å². The van der Waals surface area contributed by atoms with Gasteiger partial charge in [0.1, 0.15) is 17.2 Å². The summed E-state index contributed by atoms with van der Waals surface area (Å²) in [6.45, 7) is 5.94. The Labute approximate surface area is 196 Å². The van der Waals surface area contributed by atoms with Crippen LogP contribution in [0.2, 0.25) is 0 Å². The van der Waals surface area contributed by atoms with Crippen molar-refractivity contribution in [3.8, 4) is 22.5 Å². The molecule has 0 spiro atoms. The van der Waals surface area contributed by atoms with Crippen LogP contribution in [0.4, 0.5) is 0 Å². The lowest BCUT2D eigenvalue weighted by Gasteiger charge is -2.16. The second-order valence-corrected chi connectivity index (χ2v) is 8.45. The molecule has 0 saturated carbocycles. The van der Waals surface area contributed by atoms with E-state index in [2.05, 4.69) is 32.5 Å². The Balaban J connectivity index is 1.51. The number of aromatic amines is 1. The highest BCUT2D eigenvalue weighted by Gasteiger charge is 2.34. The van der Waals surface area contributed by atoms with Crippen molar-refractivity contribution >= 4 is 11.6 Å². The smallest absolute Gasteiger partial charge is 0.209 e. The number of hydrogen-bond acceptors (Lipinski definition) is 6. The van der Waals surface area contributed by atoms with Gasteiger partial charge in [0.05, 0.1) is 0 Å². The van der Waals surface area contributed by atoms with Crippen LogP contribution in [0.3, 0.4) is 0 Å². The molecule has 1 N–H and O–H groups in total. The summed E-state index contributed by atoms with van der Waals surface area (Å²) in [6, 6.07) is 16.1. The molecule has 0 saturated heterocycles. The van der Waals surface area contributed by atoms with Crippen molar-refractivity contribution in [2.24, 2.45) is 0 Å². The maximum atomic E-state index is 13.1. The van der Waals surface area contributed by atoms with Gasteiger partial charge in [-0.2, -0.15) is 5.21 Å². The van der Waals surface area contributed by atoms with Gasteiger partial charge < -0.3 is 4.57 Å². The highest BCUT2D eigenvalue weighted by Crippen LogP contribution is 2.31. The first-order valence-electron chi connectivity index (χ1n) is 11.3. The normalized spacial score (nSPS) is 13.5. The Bertz CT molecular complexity index is 1430. The van der Waals surface area contributed by atoms with Gasteiger partial charge in [-0.05, 0) is 42.2 Å². The molecule has 8 nitrogen and oxygen atoms in total. The number of allylic oxidation sites excluding steroid dienone is 2. The van der Waals surface area contributed by atoms with Crippen molar-refractivity contribution in [1.82, 2.24) is 30.2 Å². The molecule has 5 rings (SSSR count). The molecule has 0 fully saturated rings. The number of benzene rings is 2. The zero-order valence-corrected chi connectivity index (χ0v) is 19.3. The molecule has 4 aromatic rings. The number of tetrazole rings is 1. The van der Waals surface area contributed by atoms with E-state index in [-0.39, 0.29) is 17.3 Å². The summed E-state index contributed by atoms with van der Waals surface area (Å²) in [6.07, 6.45) is 1.57. The third-order valence-electron chi connectivity index (χ3n) is 6.31. The molecule has 0 radical (unpaired) electrons. The second-order valence-electron chi connectivity index (χ2n) is 8.45. The van der Waals surface area contributed by atoms with E-state index in [0.717, 1.165) is 34.5 Å². The lowest BCUT2D eigenvalue weighted by Crippen LogP contribution is -2.22. The van der Waals surface area contributed by atoms with E-state index in [1.807, 2.05) is 53.1 Å². The Hall–Kier alpha value is -4.20. The summed E-state index contributed by atoms with van der Waals surface area (Å²) in [4.78, 5) is 30.5. The van der Waals surface area contributed by atoms with Crippen LogP contribution in [0.15, 0.2) is 59.7 Å². The van der Waals surface area contributed by atoms with Crippen molar-refractivity contribution in [1.29, 1.82) is 0 Å². The lowest BCUT2D eigenvalue weighted by atomic mass is 9.92. The first-order valence-corrected chi connectivity index (χ1v) is 11.3. The Morgan fingerprint density at radius 2 is 1.62 bits per heavy atom. The first-order chi connectivity index (χ1) is 16.5. The number of Topliss-reactive ketones (excluding diaryl/α,β-unsaturated/α-hetero) is 2. The SMILES string of the molecule is CCCc1nc2c(n1Cc1ccc(-c3ccccc3-c3nn[nH]n3)cc1)C(=O)C(C)=C(C)C2=O. The van der Waals surface area contributed by atoms with Crippen molar-refractivity contribution in [3.63, 3.8) is 0 Å². The fourth-order valence-corrected chi connectivity index (χ4v) is 4.35. The predicted octanol–water partition coefficient (Wildman–Crippen LogP) is 4.45. The van der Waals surface area contributed by atoms with Crippen LogP contribution >= 0.6 is 0 Å². The van der Waals surface area contributed by atoms with Crippen molar-refractivity contribution < 1.29 is 9.59 Å². The number of aromatic nitrogens is 6. The minimum atomic E-state index is -0.156. The molecule has 0 amide bonds. The standard InChI is InChI=1S/C26H24N6O2/c1-4-7-21-27-22-23(25(34)16(3)15(2)24(22)33)32(21)14-17-10-12-18(13-11-17)19-8-5-6-9-20(19)26-28-30-31-29-26/h5-6,8-13H,4,7,14H2,1-3H3,(H,28,29,30,31). The van der Waals surface area contributed by atoms with Crippen LogP contribution in [-0.4, -0.2) is 41.7 Å². The van der Waals surface area contributed by atoms with Gasteiger partial charge in [-0.25, -0.2) is 4.98 Å². The zero-order valence-electron chi connectivity index (χ0n) is 19.3. The quantitative estimate of drug-likeness (QED) is 0.463. The summed E-state index contributed by atoms with van der Waals surface area (Å²) in [7, 11) is 0. The zero-order chi connectivity index (χ0) is 23.8. The fraction of sp³-hybridized carbons (Fsp3) is 0.231. The summed E-state index contributed by atoms with van der Waals surface area (Å²) in [5.41, 5.74) is 5.59. The van der Waals surface area contributed by atoms with Crippen LogP contribution in [0.25, 0.3) is 22.5 Å². The van der Waals surface area contributed by atoms with Crippen LogP contribution in [0.1, 0.15) is 59.6 Å². The molecule has 8 heteroatoms. The molecule has 34 heavy (non-hydrogen) atoms. The van der Waals surface area contributed by atoms with E-state index in [0.29, 0.717) is 35.6 Å². The summed E-state index contributed by atoms with van der Waals surface area (Å²) < 4.78 is 1.91. The van der Waals surface area contributed by atoms with Crippen LogP contribution in [0, 0.1) is 0 Å². The molecule has 1 aliphatic rings. The average Bonchev–Trinajstić information content (AvgIpc) is 3.51. The Morgan fingerprint density at radius 1 is 0.912 bits per heavy atom. The average molecular weight is 453 g/mol. The van der Waals surface area contributed by atoms with E-state index in [1.54, 1.807) is 13.8 Å². The van der Waals surface area contributed by atoms with Crippen molar-refractivity contribution in [2.45, 2.75) is 40.2 Å². The number of rotatable bonds is 6. The molecule has 2 aromatic carbocycles. The summed E-state index contributed by atoms with van der Waals surface area (Å²) in [5.74, 6) is 1.03. The molecular weight excluding hydrogens is 428 g/mol. The predicted molar refractivity (Wildman–Crippen MR) is 127 cm³/mol. The second kappa shape index (κ2) is 8.62. The van der Waals surface area contributed by atoms with Crippen LogP contribution in [-0.2, 0) is 13.0 Å². The molecule has 1 aliphatic carbocycles. The molecule has 0 aliphatic heterocycles. The van der Waals surface area contributed by atoms with Gasteiger partial charge in [-0.3, -0.25) is 9.59 Å². The number of hydrogen-bond donors (Lipinski definition) is 1. The minimum Gasteiger partial charge on any atom is -0.320 e. The van der Waals surface area contributed by atoms with E-state index >= 15 is 0 Å². The molecule has 0 unspecified atom stereocenters. The maximum absolute atomic E-state index is 13.1. The number of nitrogens with zero attached hydrogens (tertiary/aromatic N) is 5. The minimum absolute atomic E-state index is 0.118. The number of carbonyl (C=O) groups excluding carboxylic acids is 2. The number of H-pyrrole nitrogens is 1. The molecule has 170 valence electrons. The molecule has 0 atom stereocenters. The van der Waals surface area contributed by atoms with Gasteiger partial charge >= 0.3 is 0 Å².